The molecular weight excluding hydrogens is 216 g/mol. The number of furan rings is 1. The fourth-order valence-corrected chi connectivity index (χ4v) is 1.72. The number of carbonyl (C=O) groups is 1. The van der Waals surface area contributed by atoms with E-state index in [1.165, 1.54) is 7.11 Å². The predicted octanol–water partition coefficient (Wildman–Crippen LogP) is 3.18. The van der Waals surface area contributed by atoms with Gasteiger partial charge in [-0.3, -0.25) is 0 Å². The van der Waals surface area contributed by atoms with Crippen LogP contribution in [0.4, 0.5) is 0 Å². The largest absolute Gasteiger partial charge is 0.465 e. The fourth-order valence-electron chi connectivity index (χ4n) is 1.55. The number of hydrogen-bond donors (Lipinski definition) is 0. The number of carbonyl (C=O) groups excluding carboxylic acids is 1. The van der Waals surface area contributed by atoms with Crippen molar-refractivity contribution in [1.29, 1.82) is 0 Å². The predicted molar refractivity (Wildman–Crippen MR) is 57.3 cm³/mol. The molecule has 0 saturated carbocycles. The molecule has 0 aliphatic heterocycles. The summed E-state index contributed by atoms with van der Waals surface area (Å²) in [4.78, 5) is 11.5. The van der Waals surface area contributed by atoms with E-state index in [1.54, 1.807) is 25.1 Å². The highest BCUT2D eigenvalue weighted by Gasteiger charge is 2.18. The Morgan fingerprint density at radius 2 is 2.20 bits per heavy atom. The molecule has 3 nitrogen and oxygen atoms in total. The van der Waals surface area contributed by atoms with Crippen molar-refractivity contribution < 1.29 is 13.9 Å². The van der Waals surface area contributed by atoms with Gasteiger partial charge in [-0.1, -0.05) is 11.6 Å². The third kappa shape index (κ3) is 1.59. The van der Waals surface area contributed by atoms with Gasteiger partial charge in [-0.15, -0.1) is 0 Å². The molecule has 0 aliphatic rings. The van der Waals surface area contributed by atoms with Crippen molar-refractivity contribution in [1.82, 2.24) is 0 Å². The van der Waals surface area contributed by atoms with Gasteiger partial charge in [0.25, 0.3) is 0 Å². The molecule has 1 heterocycles. The Morgan fingerprint density at radius 1 is 1.47 bits per heavy atom. The fraction of sp³-hybridized carbons (Fsp3) is 0.182. The van der Waals surface area contributed by atoms with Crippen LogP contribution in [0.25, 0.3) is 11.0 Å². The number of methoxy groups -OCH3 is 1. The van der Waals surface area contributed by atoms with Gasteiger partial charge in [0.1, 0.15) is 16.9 Å². The second-order valence-electron chi connectivity index (χ2n) is 3.17. The second kappa shape index (κ2) is 3.59. The molecule has 0 radical (unpaired) electrons. The van der Waals surface area contributed by atoms with Crippen molar-refractivity contribution in [3.05, 3.63) is 34.5 Å². The van der Waals surface area contributed by atoms with E-state index in [0.717, 1.165) is 0 Å². The third-order valence-corrected chi connectivity index (χ3v) is 2.45. The van der Waals surface area contributed by atoms with Gasteiger partial charge in [0.2, 0.25) is 0 Å². The highest BCUT2D eigenvalue weighted by atomic mass is 35.5. The van der Waals surface area contributed by atoms with E-state index in [4.69, 9.17) is 16.0 Å². The molecule has 2 rings (SSSR count). The van der Waals surface area contributed by atoms with Crippen molar-refractivity contribution in [2.75, 3.05) is 7.11 Å². The standard InChI is InChI=1S/C11H9ClO3/c1-6-10(11(13)14-2)8-5-7(12)3-4-9(8)15-6/h3-5H,1-2H3. The zero-order valence-corrected chi connectivity index (χ0v) is 9.09. The Labute approximate surface area is 91.6 Å². The van der Waals surface area contributed by atoms with Crippen molar-refractivity contribution in [3.8, 4) is 0 Å². The van der Waals surface area contributed by atoms with E-state index in [-0.39, 0.29) is 0 Å². The lowest BCUT2D eigenvalue weighted by molar-refractivity contribution is 0.0601. The summed E-state index contributed by atoms with van der Waals surface area (Å²) in [5.74, 6) is 0.132. The monoisotopic (exact) mass is 224 g/mol. The maximum atomic E-state index is 11.5. The first-order chi connectivity index (χ1) is 7.13. The van der Waals surface area contributed by atoms with Crippen LogP contribution in [0.2, 0.25) is 5.02 Å². The van der Waals surface area contributed by atoms with Crippen molar-refractivity contribution in [3.63, 3.8) is 0 Å². The van der Waals surface area contributed by atoms with Crippen LogP contribution >= 0.6 is 11.6 Å². The van der Waals surface area contributed by atoms with Crippen molar-refractivity contribution >= 4 is 28.5 Å². The molecule has 0 aliphatic carbocycles. The van der Waals surface area contributed by atoms with E-state index >= 15 is 0 Å². The molecule has 4 heteroatoms. The Balaban J connectivity index is 2.76. The maximum Gasteiger partial charge on any atom is 0.342 e. The summed E-state index contributed by atoms with van der Waals surface area (Å²) in [5, 5.41) is 1.25. The highest BCUT2D eigenvalue weighted by Crippen LogP contribution is 2.28. The molecule has 1 aromatic carbocycles. The van der Waals surface area contributed by atoms with Gasteiger partial charge in [0.05, 0.1) is 7.11 Å². The van der Waals surface area contributed by atoms with Crippen LogP contribution in [0.1, 0.15) is 16.1 Å². The summed E-state index contributed by atoms with van der Waals surface area (Å²) < 4.78 is 10.1. The minimum absolute atomic E-state index is 0.409. The van der Waals surface area contributed by atoms with Crippen molar-refractivity contribution in [2.24, 2.45) is 0 Å². The molecule has 0 spiro atoms. The molecule has 0 fully saturated rings. The number of fused-ring (bicyclic) bond motifs is 1. The van der Waals surface area contributed by atoms with Crippen LogP contribution < -0.4 is 0 Å². The molecule has 0 unspecified atom stereocenters. The summed E-state index contributed by atoms with van der Waals surface area (Å²) in [6.07, 6.45) is 0. The zero-order chi connectivity index (χ0) is 11.0. The Kier molecular flexibility index (Phi) is 2.40. The summed E-state index contributed by atoms with van der Waals surface area (Å²) in [7, 11) is 1.34. The lowest BCUT2D eigenvalue weighted by Gasteiger charge is -1.96. The minimum Gasteiger partial charge on any atom is -0.465 e. The van der Waals surface area contributed by atoms with Crippen LogP contribution in [-0.4, -0.2) is 13.1 Å². The maximum absolute atomic E-state index is 11.5. The number of benzene rings is 1. The number of hydrogen-bond acceptors (Lipinski definition) is 3. The van der Waals surface area contributed by atoms with Gasteiger partial charge in [-0.2, -0.15) is 0 Å². The molecule has 78 valence electrons. The van der Waals surface area contributed by atoms with Gasteiger partial charge < -0.3 is 9.15 Å². The van der Waals surface area contributed by atoms with Crippen LogP contribution in [0, 0.1) is 6.92 Å². The van der Waals surface area contributed by atoms with Crippen LogP contribution in [0.5, 0.6) is 0 Å². The number of aryl methyl sites for hydroxylation is 1. The normalized spacial score (nSPS) is 10.6. The Bertz CT molecular complexity index is 528. The highest BCUT2D eigenvalue weighted by molar-refractivity contribution is 6.31. The van der Waals surface area contributed by atoms with E-state index in [9.17, 15) is 4.79 Å². The average molecular weight is 225 g/mol. The van der Waals surface area contributed by atoms with E-state index in [0.29, 0.717) is 27.3 Å². The van der Waals surface area contributed by atoms with Gasteiger partial charge in [-0.05, 0) is 25.1 Å². The molecule has 0 atom stereocenters. The van der Waals surface area contributed by atoms with E-state index in [1.807, 2.05) is 0 Å². The Hall–Kier alpha value is -1.48. The molecule has 15 heavy (non-hydrogen) atoms. The van der Waals surface area contributed by atoms with E-state index < -0.39 is 5.97 Å². The lowest BCUT2D eigenvalue weighted by Crippen LogP contribution is -2.01. The van der Waals surface area contributed by atoms with Gasteiger partial charge in [0, 0.05) is 10.4 Å². The Morgan fingerprint density at radius 3 is 2.87 bits per heavy atom. The summed E-state index contributed by atoms with van der Waals surface area (Å²) in [6, 6.07) is 5.14. The summed E-state index contributed by atoms with van der Waals surface area (Å²) >= 11 is 5.85. The van der Waals surface area contributed by atoms with Crippen molar-refractivity contribution in [2.45, 2.75) is 6.92 Å². The van der Waals surface area contributed by atoms with Crippen LogP contribution in [-0.2, 0) is 4.74 Å². The number of rotatable bonds is 1. The second-order valence-corrected chi connectivity index (χ2v) is 3.60. The van der Waals surface area contributed by atoms with Gasteiger partial charge in [0.15, 0.2) is 0 Å². The topological polar surface area (TPSA) is 39.4 Å². The molecule has 0 N–H and O–H groups in total. The molecule has 0 bridgehead atoms. The van der Waals surface area contributed by atoms with Gasteiger partial charge in [-0.25, -0.2) is 4.79 Å². The first-order valence-corrected chi connectivity index (χ1v) is 4.78. The molecule has 2 aromatic rings. The van der Waals surface area contributed by atoms with Crippen LogP contribution in [0.15, 0.2) is 22.6 Å². The average Bonchev–Trinajstić information content (AvgIpc) is 2.52. The molecule has 0 amide bonds. The minimum atomic E-state index is -0.409. The SMILES string of the molecule is COC(=O)c1c(C)oc2ccc(Cl)cc12. The summed E-state index contributed by atoms with van der Waals surface area (Å²) in [5.41, 5.74) is 1.08. The first kappa shape index (κ1) is 10.1. The number of ether oxygens (including phenoxy) is 1. The third-order valence-electron chi connectivity index (χ3n) is 2.22. The van der Waals surface area contributed by atoms with Crippen LogP contribution in [0.3, 0.4) is 0 Å². The molecule has 0 saturated heterocycles. The van der Waals surface area contributed by atoms with E-state index in [2.05, 4.69) is 4.74 Å². The van der Waals surface area contributed by atoms with Gasteiger partial charge >= 0.3 is 5.97 Å². The number of esters is 1. The molecular formula is C11H9ClO3. The number of halogens is 1. The quantitative estimate of drug-likeness (QED) is 0.699. The lowest BCUT2D eigenvalue weighted by atomic mass is 10.1. The smallest absolute Gasteiger partial charge is 0.342 e. The molecule has 1 aromatic heterocycles. The summed E-state index contributed by atoms with van der Waals surface area (Å²) in [6.45, 7) is 1.72. The zero-order valence-electron chi connectivity index (χ0n) is 8.33. The first-order valence-electron chi connectivity index (χ1n) is 4.40.